The van der Waals surface area contributed by atoms with Gasteiger partial charge in [0.1, 0.15) is 0 Å². The Labute approximate surface area is 69.8 Å². The molecule has 5 nitrogen and oxygen atoms in total. The van der Waals surface area contributed by atoms with Crippen molar-refractivity contribution in [3.05, 3.63) is 0 Å². The Morgan fingerprint density at radius 3 is 1.58 bits per heavy atom. The molecule has 1 saturated heterocycles. The molecule has 2 N–H and O–H groups in total. The molecule has 0 radical (unpaired) electrons. The second-order valence-corrected chi connectivity index (χ2v) is 3.04. The van der Waals surface area contributed by atoms with Crippen molar-refractivity contribution in [2.45, 2.75) is 19.3 Å². The van der Waals surface area contributed by atoms with Crippen LogP contribution in [0.2, 0.25) is 0 Å². The predicted molar refractivity (Wildman–Crippen MR) is 39.9 cm³/mol. The van der Waals surface area contributed by atoms with E-state index in [0.717, 1.165) is 6.42 Å². The molecule has 0 aromatic carbocycles. The van der Waals surface area contributed by atoms with Gasteiger partial charge in [0.15, 0.2) is 0 Å². The third-order valence-electron chi connectivity index (χ3n) is 2.31. The fraction of sp³-hybridized carbons (Fsp3) is 0.714. The van der Waals surface area contributed by atoms with Gasteiger partial charge in [-0.15, -0.1) is 4.48 Å². The molecule has 1 aliphatic rings. The molecule has 1 fully saturated rings. The second kappa shape index (κ2) is 3.10. The molecule has 5 heteroatoms. The third kappa shape index (κ3) is 1.27. The molecule has 1 aliphatic heterocycles. The SMILES string of the molecule is O=C(O)[N+]1(C(=O)O)CCCCC1. The van der Waals surface area contributed by atoms with Crippen molar-refractivity contribution < 1.29 is 24.3 Å². The number of carboxylic acid groups (broad SMARTS) is 2. The molecule has 0 aromatic heterocycles. The Morgan fingerprint density at radius 1 is 0.917 bits per heavy atom. The second-order valence-electron chi connectivity index (χ2n) is 3.04. The summed E-state index contributed by atoms with van der Waals surface area (Å²) in [5, 5.41) is 17.5. The minimum atomic E-state index is -1.25. The molecule has 0 saturated carbocycles. The number of rotatable bonds is 0. The molecule has 0 unspecified atom stereocenters. The number of carbonyl (C=O) groups is 2. The highest BCUT2D eigenvalue weighted by Crippen LogP contribution is 2.19. The minimum absolute atomic E-state index is 0.213. The van der Waals surface area contributed by atoms with E-state index < -0.39 is 16.7 Å². The lowest BCUT2D eigenvalue weighted by atomic mass is 10.1. The largest absolute Gasteiger partial charge is 0.524 e. The third-order valence-corrected chi connectivity index (χ3v) is 2.31. The van der Waals surface area contributed by atoms with Crippen LogP contribution in [0.3, 0.4) is 0 Å². The highest BCUT2D eigenvalue weighted by Gasteiger charge is 2.46. The standard InChI is InChI=1S/C7H11NO4/c9-6(10)8(7(11)12)4-2-1-3-5-8/h1-5H2,(H-,9,10,11,12)/p+1. The maximum Gasteiger partial charge on any atom is 0.524 e. The lowest BCUT2D eigenvalue weighted by Crippen LogP contribution is -2.58. The lowest BCUT2D eigenvalue weighted by molar-refractivity contribution is -0.790. The van der Waals surface area contributed by atoms with E-state index in [1.54, 1.807) is 0 Å². The maximum absolute atomic E-state index is 10.7. The van der Waals surface area contributed by atoms with Crippen molar-refractivity contribution in [1.82, 2.24) is 0 Å². The van der Waals surface area contributed by atoms with Crippen molar-refractivity contribution in [3.8, 4) is 0 Å². The number of quaternary nitrogens is 1. The van der Waals surface area contributed by atoms with Crippen molar-refractivity contribution in [2.24, 2.45) is 0 Å². The number of amides is 2. The Hall–Kier alpha value is -1.10. The fourth-order valence-corrected chi connectivity index (χ4v) is 1.52. The molecule has 0 atom stereocenters. The summed E-state index contributed by atoms with van der Waals surface area (Å²) >= 11 is 0. The van der Waals surface area contributed by atoms with Gasteiger partial charge in [-0.2, -0.15) is 9.59 Å². The van der Waals surface area contributed by atoms with Gasteiger partial charge >= 0.3 is 12.2 Å². The first kappa shape index (κ1) is 8.99. The van der Waals surface area contributed by atoms with Gasteiger partial charge in [-0.25, -0.2) is 0 Å². The predicted octanol–water partition coefficient (Wildman–Crippen LogP) is 1.34. The van der Waals surface area contributed by atoms with E-state index in [9.17, 15) is 9.59 Å². The average Bonchev–Trinajstić information content (AvgIpc) is 2.05. The topological polar surface area (TPSA) is 74.6 Å². The zero-order chi connectivity index (χ0) is 9.19. The Morgan fingerprint density at radius 2 is 1.33 bits per heavy atom. The first-order valence-corrected chi connectivity index (χ1v) is 3.94. The maximum atomic E-state index is 10.7. The molecular formula is C7H12NO4+. The van der Waals surface area contributed by atoms with Crippen molar-refractivity contribution in [1.29, 1.82) is 0 Å². The smallest absolute Gasteiger partial charge is 0.435 e. The van der Waals surface area contributed by atoms with Crippen LogP contribution in [0.15, 0.2) is 0 Å². The number of nitrogens with zero attached hydrogens (tertiary/aromatic N) is 1. The van der Waals surface area contributed by atoms with E-state index in [-0.39, 0.29) is 13.1 Å². The van der Waals surface area contributed by atoms with E-state index >= 15 is 0 Å². The van der Waals surface area contributed by atoms with Crippen molar-refractivity contribution >= 4 is 12.2 Å². The van der Waals surface area contributed by atoms with Crippen LogP contribution in [-0.2, 0) is 0 Å². The first-order chi connectivity index (χ1) is 5.59. The van der Waals surface area contributed by atoms with Crippen LogP contribution < -0.4 is 0 Å². The summed E-state index contributed by atoms with van der Waals surface area (Å²) in [7, 11) is 0. The summed E-state index contributed by atoms with van der Waals surface area (Å²) in [6, 6.07) is 0. The zero-order valence-electron chi connectivity index (χ0n) is 6.69. The van der Waals surface area contributed by atoms with E-state index in [0.29, 0.717) is 12.8 Å². The number of imide groups is 1. The summed E-state index contributed by atoms with van der Waals surface area (Å²) in [4.78, 5) is 21.4. The molecule has 12 heavy (non-hydrogen) atoms. The zero-order valence-corrected chi connectivity index (χ0v) is 6.69. The fourth-order valence-electron chi connectivity index (χ4n) is 1.52. The van der Waals surface area contributed by atoms with Crippen LogP contribution in [-0.4, -0.2) is 40.0 Å². The highest BCUT2D eigenvalue weighted by molar-refractivity contribution is 5.73. The molecule has 0 spiro atoms. The Balaban J connectivity index is 2.84. The number of hydrogen-bond acceptors (Lipinski definition) is 2. The summed E-state index contributed by atoms with van der Waals surface area (Å²) in [6.07, 6.45) is -0.206. The molecule has 2 amide bonds. The van der Waals surface area contributed by atoms with E-state index in [1.165, 1.54) is 0 Å². The molecule has 0 aromatic rings. The van der Waals surface area contributed by atoms with Crippen LogP contribution in [0, 0.1) is 0 Å². The molecule has 68 valence electrons. The average molecular weight is 174 g/mol. The molecule has 0 bridgehead atoms. The molecule has 1 rings (SSSR count). The van der Waals surface area contributed by atoms with Gasteiger partial charge in [0.25, 0.3) is 0 Å². The van der Waals surface area contributed by atoms with Gasteiger partial charge in [0.2, 0.25) is 0 Å². The van der Waals surface area contributed by atoms with Crippen LogP contribution in [0.25, 0.3) is 0 Å². The quantitative estimate of drug-likeness (QED) is 0.543. The number of piperidine rings is 1. The van der Waals surface area contributed by atoms with Crippen molar-refractivity contribution in [3.63, 3.8) is 0 Å². The number of likely N-dealkylation sites (tertiary alicyclic amines) is 1. The first-order valence-electron chi connectivity index (χ1n) is 3.94. The van der Waals surface area contributed by atoms with E-state index in [1.807, 2.05) is 0 Å². The van der Waals surface area contributed by atoms with Gasteiger partial charge < -0.3 is 10.2 Å². The van der Waals surface area contributed by atoms with Gasteiger partial charge in [-0.1, -0.05) is 0 Å². The summed E-state index contributed by atoms with van der Waals surface area (Å²) in [5.74, 6) is 0. The molecule has 0 aliphatic carbocycles. The van der Waals surface area contributed by atoms with Crippen molar-refractivity contribution in [2.75, 3.05) is 13.1 Å². The summed E-state index contributed by atoms with van der Waals surface area (Å²) in [6.45, 7) is 0.426. The Bertz CT molecular complexity index is 191. The summed E-state index contributed by atoms with van der Waals surface area (Å²) < 4.78 is -0.806. The normalized spacial score (nSPS) is 21.7. The number of hydrogen-bond donors (Lipinski definition) is 2. The monoisotopic (exact) mass is 174 g/mol. The van der Waals surface area contributed by atoms with E-state index in [2.05, 4.69) is 0 Å². The highest BCUT2D eigenvalue weighted by atomic mass is 16.4. The van der Waals surface area contributed by atoms with Gasteiger partial charge in [-0.3, -0.25) is 0 Å². The van der Waals surface area contributed by atoms with E-state index in [4.69, 9.17) is 10.2 Å². The van der Waals surface area contributed by atoms with Crippen LogP contribution >= 0.6 is 0 Å². The molecule has 1 heterocycles. The van der Waals surface area contributed by atoms with Gasteiger partial charge in [0, 0.05) is 0 Å². The van der Waals surface area contributed by atoms with Crippen LogP contribution in [0.4, 0.5) is 9.59 Å². The lowest BCUT2D eigenvalue weighted by Gasteiger charge is -2.29. The summed E-state index contributed by atoms with van der Waals surface area (Å²) in [5.41, 5.74) is 0. The minimum Gasteiger partial charge on any atom is -0.435 e. The molecular weight excluding hydrogens is 162 g/mol. The van der Waals surface area contributed by atoms with Gasteiger partial charge in [-0.05, 0) is 19.3 Å². The Kier molecular flexibility index (Phi) is 2.32. The van der Waals surface area contributed by atoms with Gasteiger partial charge in [0.05, 0.1) is 13.1 Å². The van der Waals surface area contributed by atoms with Crippen LogP contribution in [0.5, 0.6) is 0 Å². The van der Waals surface area contributed by atoms with Crippen LogP contribution in [0.1, 0.15) is 19.3 Å².